The molecule has 0 unspecified atom stereocenters. The van der Waals surface area contributed by atoms with Gasteiger partial charge in [0.05, 0.1) is 14.8 Å². The molecule has 0 N–H and O–H groups in total. The van der Waals surface area contributed by atoms with E-state index in [1.807, 2.05) is 12.1 Å². The standard InChI is InChI=1S/C18H19ClN2O5S/c1-27(24,25)16-5-2-13(3-6-16)20-10-8-15(9-11-20)26-18-7-4-14(21(22)23)12-17(18)19/h2-7,12,15H,8-11H2,1H3. The molecule has 1 aliphatic rings. The second kappa shape index (κ2) is 7.74. The van der Waals surface area contributed by atoms with E-state index in [2.05, 4.69) is 4.90 Å². The number of nitrogens with zero attached hydrogens (tertiary/aromatic N) is 2. The molecule has 0 amide bonds. The van der Waals surface area contributed by atoms with Crippen LogP contribution in [-0.4, -0.2) is 38.8 Å². The Kier molecular flexibility index (Phi) is 5.57. The minimum Gasteiger partial charge on any atom is -0.489 e. The quantitative estimate of drug-likeness (QED) is 0.551. The van der Waals surface area contributed by atoms with Crippen LogP contribution in [0.4, 0.5) is 11.4 Å². The highest BCUT2D eigenvalue weighted by molar-refractivity contribution is 7.90. The Bertz CT molecular complexity index is 939. The molecule has 0 aliphatic carbocycles. The lowest BCUT2D eigenvalue weighted by Crippen LogP contribution is -2.38. The maximum atomic E-state index is 11.5. The van der Waals surface area contributed by atoms with Crippen molar-refractivity contribution in [1.29, 1.82) is 0 Å². The van der Waals surface area contributed by atoms with Gasteiger partial charge in [0.25, 0.3) is 5.69 Å². The average Bonchev–Trinajstić information content (AvgIpc) is 2.63. The number of rotatable bonds is 5. The molecule has 7 nitrogen and oxygen atoms in total. The van der Waals surface area contributed by atoms with Crippen molar-refractivity contribution in [3.63, 3.8) is 0 Å². The van der Waals surface area contributed by atoms with E-state index in [0.29, 0.717) is 10.6 Å². The second-order valence-electron chi connectivity index (χ2n) is 6.44. The normalized spacial score (nSPS) is 15.6. The summed E-state index contributed by atoms with van der Waals surface area (Å²) in [7, 11) is -3.20. The molecular formula is C18H19ClN2O5S. The number of nitro groups is 1. The molecule has 144 valence electrons. The Labute approximate surface area is 162 Å². The van der Waals surface area contributed by atoms with Crippen molar-refractivity contribution in [3.8, 4) is 5.75 Å². The summed E-state index contributed by atoms with van der Waals surface area (Å²) in [4.78, 5) is 12.7. The summed E-state index contributed by atoms with van der Waals surface area (Å²) in [5.41, 5.74) is 0.897. The van der Waals surface area contributed by atoms with Gasteiger partial charge in [-0.15, -0.1) is 0 Å². The summed E-state index contributed by atoms with van der Waals surface area (Å²) in [6, 6.07) is 11.0. The van der Waals surface area contributed by atoms with Crippen LogP contribution in [0, 0.1) is 10.1 Å². The molecular weight excluding hydrogens is 392 g/mol. The van der Waals surface area contributed by atoms with Crippen molar-refractivity contribution < 1.29 is 18.1 Å². The van der Waals surface area contributed by atoms with E-state index in [1.165, 1.54) is 24.5 Å². The number of ether oxygens (including phenoxy) is 1. The predicted molar refractivity (Wildman–Crippen MR) is 104 cm³/mol. The number of halogens is 1. The second-order valence-corrected chi connectivity index (χ2v) is 8.87. The van der Waals surface area contributed by atoms with Crippen molar-refractivity contribution in [3.05, 3.63) is 57.6 Å². The molecule has 9 heteroatoms. The Morgan fingerprint density at radius 2 is 1.78 bits per heavy atom. The van der Waals surface area contributed by atoms with Crippen LogP contribution in [0.3, 0.4) is 0 Å². The Morgan fingerprint density at radius 1 is 1.15 bits per heavy atom. The fourth-order valence-electron chi connectivity index (χ4n) is 3.01. The van der Waals surface area contributed by atoms with E-state index >= 15 is 0 Å². The smallest absolute Gasteiger partial charge is 0.271 e. The van der Waals surface area contributed by atoms with E-state index in [4.69, 9.17) is 16.3 Å². The lowest BCUT2D eigenvalue weighted by Gasteiger charge is -2.34. The molecule has 0 spiro atoms. The van der Waals surface area contributed by atoms with E-state index in [9.17, 15) is 18.5 Å². The molecule has 2 aromatic carbocycles. The van der Waals surface area contributed by atoms with Gasteiger partial charge in [-0.25, -0.2) is 8.42 Å². The fraction of sp³-hybridized carbons (Fsp3) is 0.333. The molecule has 1 aliphatic heterocycles. The number of piperidine rings is 1. The average molecular weight is 411 g/mol. The van der Waals surface area contributed by atoms with Crippen LogP contribution in [0.2, 0.25) is 5.02 Å². The fourth-order valence-corrected chi connectivity index (χ4v) is 3.86. The summed E-state index contributed by atoms with van der Waals surface area (Å²) in [5, 5.41) is 11.0. The van der Waals surface area contributed by atoms with Crippen LogP contribution in [0.1, 0.15) is 12.8 Å². The number of anilines is 1. The topological polar surface area (TPSA) is 89.8 Å². The predicted octanol–water partition coefficient (Wildman–Crippen LogP) is 3.70. The number of hydrogen-bond acceptors (Lipinski definition) is 6. The molecule has 27 heavy (non-hydrogen) atoms. The number of hydrogen-bond donors (Lipinski definition) is 0. The Hall–Kier alpha value is -2.32. The van der Waals surface area contributed by atoms with Crippen LogP contribution in [0.5, 0.6) is 5.75 Å². The van der Waals surface area contributed by atoms with Gasteiger partial charge in [-0.2, -0.15) is 0 Å². The van der Waals surface area contributed by atoms with Gasteiger partial charge in [-0.3, -0.25) is 10.1 Å². The highest BCUT2D eigenvalue weighted by Crippen LogP contribution is 2.31. The van der Waals surface area contributed by atoms with Gasteiger partial charge in [-0.05, 0) is 30.3 Å². The van der Waals surface area contributed by atoms with Gasteiger partial charge in [0.2, 0.25) is 0 Å². The Morgan fingerprint density at radius 3 is 2.30 bits per heavy atom. The van der Waals surface area contributed by atoms with E-state index in [0.717, 1.165) is 31.6 Å². The first-order chi connectivity index (χ1) is 12.7. The highest BCUT2D eigenvalue weighted by Gasteiger charge is 2.22. The van der Waals surface area contributed by atoms with Crippen LogP contribution in [-0.2, 0) is 9.84 Å². The highest BCUT2D eigenvalue weighted by atomic mass is 35.5. The molecule has 1 saturated heterocycles. The van der Waals surface area contributed by atoms with Gasteiger partial charge in [0.1, 0.15) is 11.9 Å². The number of sulfone groups is 1. The first-order valence-corrected chi connectivity index (χ1v) is 10.7. The monoisotopic (exact) mass is 410 g/mol. The Balaban J connectivity index is 1.60. The molecule has 0 atom stereocenters. The van der Waals surface area contributed by atoms with Gasteiger partial charge in [0.15, 0.2) is 9.84 Å². The number of nitro benzene ring substituents is 1. The zero-order chi connectivity index (χ0) is 19.6. The zero-order valence-electron chi connectivity index (χ0n) is 14.7. The summed E-state index contributed by atoms with van der Waals surface area (Å²) in [6.45, 7) is 1.51. The minimum absolute atomic E-state index is 0.0319. The van der Waals surface area contributed by atoms with Crippen LogP contribution in [0.15, 0.2) is 47.4 Å². The lowest BCUT2D eigenvalue weighted by molar-refractivity contribution is -0.384. The first kappa shape index (κ1) is 19.4. The number of non-ortho nitro benzene ring substituents is 1. The maximum Gasteiger partial charge on any atom is 0.271 e. The molecule has 0 radical (unpaired) electrons. The third-order valence-corrected chi connectivity index (χ3v) is 5.92. The molecule has 1 heterocycles. The summed E-state index contributed by atoms with van der Waals surface area (Å²) in [5.74, 6) is 0.443. The molecule has 0 saturated carbocycles. The van der Waals surface area contributed by atoms with Gasteiger partial charge in [0, 0.05) is 50.0 Å². The zero-order valence-corrected chi connectivity index (χ0v) is 16.2. The molecule has 1 fully saturated rings. The molecule has 0 bridgehead atoms. The third-order valence-electron chi connectivity index (χ3n) is 4.49. The lowest BCUT2D eigenvalue weighted by atomic mass is 10.1. The SMILES string of the molecule is CS(=O)(=O)c1ccc(N2CCC(Oc3ccc([N+](=O)[O-])cc3Cl)CC2)cc1. The van der Waals surface area contributed by atoms with Gasteiger partial charge < -0.3 is 9.64 Å². The van der Waals surface area contributed by atoms with Crippen LogP contribution >= 0.6 is 11.6 Å². The van der Waals surface area contributed by atoms with E-state index in [1.54, 1.807) is 12.1 Å². The summed E-state index contributed by atoms with van der Waals surface area (Å²) in [6.07, 6.45) is 2.69. The maximum absolute atomic E-state index is 11.5. The summed E-state index contributed by atoms with van der Waals surface area (Å²) >= 11 is 6.08. The number of benzene rings is 2. The molecule has 0 aromatic heterocycles. The molecule has 3 rings (SSSR count). The minimum atomic E-state index is -3.20. The van der Waals surface area contributed by atoms with Gasteiger partial charge >= 0.3 is 0 Å². The van der Waals surface area contributed by atoms with E-state index in [-0.39, 0.29) is 16.8 Å². The van der Waals surface area contributed by atoms with Gasteiger partial charge in [-0.1, -0.05) is 11.6 Å². The van der Waals surface area contributed by atoms with Crippen molar-refractivity contribution in [1.82, 2.24) is 0 Å². The van der Waals surface area contributed by atoms with E-state index < -0.39 is 14.8 Å². The first-order valence-electron chi connectivity index (χ1n) is 8.40. The van der Waals surface area contributed by atoms with Crippen molar-refractivity contribution in [2.75, 3.05) is 24.2 Å². The van der Waals surface area contributed by atoms with Crippen molar-refractivity contribution in [2.24, 2.45) is 0 Å². The molecule has 2 aromatic rings. The third kappa shape index (κ3) is 4.70. The van der Waals surface area contributed by atoms with Crippen molar-refractivity contribution in [2.45, 2.75) is 23.8 Å². The largest absolute Gasteiger partial charge is 0.489 e. The van der Waals surface area contributed by atoms with Crippen molar-refractivity contribution >= 4 is 32.8 Å². The summed E-state index contributed by atoms with van der Waals surface area (Å²) < 4.78 is 29.0. The van der Waals surface area contributed by atoms with Crippen LogP contribution in [0.25, 0.3) is 0 Å². The van der Waals surface area contributed by atoms with Crippen LogP contribution < -0.4 is 9.64 Å².